The lowest BCUT2D eigenvalue weighted by Gasteiger charge is -2.38. The quantitative estimate of drug-likeness (QED) is 0.924. The van der Waals surface area contributed by atoms with E-state index in [2.05, 4.69) is 19.2 Å². The number of carbonyl (C=O) groups excluding carboxylic acids is 2. The predicted octanol–water partition coefficient (Wildman–Crippen LogP) is 3.73. The summed E-state index contributed by atoms with van der Waals surface area (Å²) in [5.74, 6) is 0.810. The number of aryl methyl sites for hydroxylation is 1. The molecule has 0 spiro atoms. The van der Waals surface area contributed by atoms with E-state index in [0.717, 1.165) is 18.4 Å². The van der Waals surface area contributed by atoms with Crippen LogP contribution in [0.4, 0.5) is 5.69 Å². The third-order valence-corrected chi connectivity index (χ3v) is 6.74. The van der Waals surface area contributed by atoms with Crippen LogP contribution >= 0.6 is 0 Å². The molecule has 0 radical (unpaired) electrons. The van der Waals surface area contributed by atoms with Crippen LogP contribution < -0.4 is 10.1 Å². The molecule has 0 heterocycles. The number of anilines is 1. The molecule has 0 aliphatic heterocycles. The second kappa shape index (κ2) is 4.83. The monoisotopic (exact) mass is 315 g/mol. The zero-order valence-electron chi connectivity index (χ0n) is 14.6. The van der Waals surface area contributed by atoms with Gasteiger partial charge in [0.2, 0.25) is 5.91 Å². The molecular weight excluding hydrogens is 290 g/mol. The SMILES string of the molecule is COc1ccc(C)cc1NC(=O)C12CCC(C)(C(=O)C1)C2(C)C. The first-order valence-corrected chi connectivity index (χ1v) is 8.17. The Kier molecular flexibility index (Phi) is 3.36. The molecule has 2 fully saturated rings. The summed E-state index contributed by atoms with van der Waals surface area (Å²) < 4.78 is 5.35. The predicted molar refractivity (Wildman–Crippen MR) is 89.5 cm³/mol. The number of rotatable bonds is 3. The van der Waals surface area contributed by atoms with Crippen molar-refractivity contribution in [2.75, 3.05) is 12.4 Å². The number of nitrogens with one attached hydrogen (secondary N) is 1. The number of fused-ring (bicyclic) bond motifs is 2. The minimum absolute atomic E-state index is 0.0547. The normalized spacial score (nSPS) is 31.3. The van der Waals surface area contributed by atoms with Crippen LogP contribution in [-0.4, -0.2) is 18.8 Å². The molecule has 0 aromatic heterocycles. The van der Waals surface area contributed by atoms with Crippen molar-refractivity contribution in [3.8, 4) is 5.75 Å². The summed E-state index contributed by atoms with van der Waals surface area (Å²) >= 11 is 0. The molecule has 4 heteroatoms. The van der Waals surface area contributed by atoms with Crippen LogP contribution in [0.25, 0.3) is 0 Å². The van der Waals surface area contributed by atoms with Crippen LogP contribution in [0.3, 0.4) is 0 Å². The highest BCUT2D eigenvalue weighted by molar-refractivity contribution is 6.05. The molecule has 2 aliphatic rings. The Labute approximate surface area is 137 Å². The summed E-state index contributed by atoms with van der Waals surface area (Å²) in [6.45, 7) is 8.13. The van der Waals surface area contributed by atoms with Gasteiger partial charge in [-0.1, -0.05) is 26.8 Å². The topological polar surface area (TPSA) is 55.4 Å². The number of Topliss-reactive ketones (excluding diaryl/α,β-unsaturated/α-hetero) is 1. The molecule has 1 aromatic carbocycles. The zero-order chi connectivity index (χ0) is 17.0. The number of hydrogen-bond donors (Lipinski definition) is 1. The maximum atomic E-state index is 13.2. The lowest BCUT2D eigenvalue weighted by atomic mass is 9.64. The maximum absolute atomic E-state index is 13.2. The number of amides is 1. The van der Waals surface area contributed by atoms with Crippen molar-refractivity contribution < 1.29 is 14.3 Å². The first-order valence-electron chi connectivity index (χ1n) is 8.17. The number of ketones is 1. The Morgan fingerprint density at radius 1 is 1.22 bits per heavy atom. The van der Waals surface area contributed by atoms with Crippen LogP contribution in [0.15, 0.2) is 18.2 Å². The third kappa shape index (κ3) is 1.90. The van der Waals surface area contributed by atoms with Crippen LogP contribution in [0.5, 0.6) is 5.75 Å². The van der Waals surface area contributed by atoms with Gasteiger partial charge < -0.3 is 10.1 Å². The van der Waals surface area contributed by atoms with Gasteiger partial charge in [0.1, 0.15) is 11.5 Å². The Hall–Kier alpha value is -1.84. The molecule has 4 nitrogen and oxygen atoms in total. The Bertz CT molecular complexity index is 694. The summed E-state index contributed by atoms with van der Waals surface area (Å²) in [7, 11) is 1.59. The van der Waals surface area contributed by atoms with E-state index in [1.165, 1.54) is 0 Å². The van der Waals surface area contributed by atoms with Crippen LogP contribution in [-0.2, 0) is 9.59 Å². The molecule has 2 bridgehead atoms. The van der Waals surface area contributed by atoms with Crippen molar-refractivity contribution in [2.24, 2.45) is 16.2 Å². The minimum atomic E-state index is -0.617. The standard InChI is InChI=1S/C19H25NO3/c1-12-6-7-14(23-5)13(10-12)20-16(22)19-9-8-18(4,15(21)11-19)17(19,2)3/h6-7,10H,8-9,11H2,1-5H3,(H,20,22). The number of hydrogen-bond acceptors (Lipinski definition) is 3. The van der Waals surface area contributed by atoms with Crippen molar-refractivity contribution in [2.45, 2.75) is 47.0 Å². The smallest absolute Gasteiger partial charge is 0.231 e. The van der Waals surface area contributed by atoms with E-state index in [0.29, 0.717) is 17.9 Å². The summed E-state index contributed by atoms with van der Waals surface area (Å²) in [6, 6.07) is 5.71. The number of ether oxygens (including phenoxy) is 1. The second-order valence-corrected chi connectivity index (χ2v) is 7.80. The van der Waals surface area contributed by atoms with Gasteiger partial charge in [0.25, 0.3) is 0 Å². The van der Waals surface area contributed by atoms with E-state index in [-0.39, 0.29) is 22.5 Å². The summed E-state index contributed by atoms with van der Waals surface area (Å²) in [5, 5.41) is 3.04. The van der Waals surface area contributed by atoms with Gasteiger partial charge in [-0.3, -0.25) is 9.59 Å². The lowest BCUT2D eigenvalue weighted by molar-refractivity contribution is -0.131. The fraction of sp³-hybridized carbons (Fsp3) is 0.579. The highest BCUT2D eigenvalue weighted by Crippen LogP contribution is 2.70. The van der Waals surface area contributed by atoms with Gasteiger partial charge in [-0.05, 0) is 42.9 Å². The molecule has 23 heavy (non-hydrogen) atoms. The maximum Gasteiger partial charge on any atom is 0.231 e. The van der Waals surface area contributed by atoms with Crippen molar-refractivity contribution >= 4 is 17.4 Å². The second-order valence-electron chi connectivity index (χ2n) is 7.80. The number of carbonyl (C=O) groups is 2. The fourth-order valence-electron chi connectivity index (χ4n) is 4.52. The molecular formula is C19H25NO3. The van der Waals surface area contributed by atoms with Gasteiger partial charge in [0.15, 0.2) is 0 Å². The molecule has 124 valence electrons. The average Bonchev–Trinajstić information content (AvgIpc) is 2.78. The fourth-order valence-corrected chi connectivity index (χ4v) is 4.52. The zero-order valence-corrected chi connectivity index (χ0v) is 14.6. The van der Waals surface area contributed by atoms with Gasteiger partial charge in [-0.2, -0.15) is 0 Å². The molecule has 2 atom stereocenters. The Morgan fingerprint density at radius 3 is 2.43 bits per heavy atom. The largest absolute Gasteiger partial charge is 0.495 e. The third-order valence-electron chi connectivity index (χ3n) is 6.74. The van der Waals surface area contributed by atoms with Crippen molar-refractivity contribution in [3.63, 3.8) is 0 Å². The first kappa shape index (κ1) is 16.0. The van der Waals surface area contributed by atoms with E-state index in [1.807, 2.05) is 32.0 Å². The average molecular weight is 315 g/mol. The molecule has 2 aliphatic carbocycles. The van der Waals surface area contributed by atoms with E-state index >= 15 is 0 Å². The van der Waals surface area contributed by atoms with Crippen molar-refractivity contribution in [1.82, 2.24) is 0 Å². The molecule has 1 amide bonds. The van der Waals surface area contributed by atoms with Gasteiger partial charge in [0.05, 0.1) is 18.2 Å². The van der Waals surface area contributed by atoms with Crippen LogP contribution in [0, 0.1) is 23.2 Å². The minimum Gasteiger partial charge on any atom is -0.495 e. The van der Waals surface area contributed by atoms with E-state index in [9.17, 15) is 9.59 Å². The van der Waals surface area contributed by atoms with Gasteiger partial charge >= 0.3 is 0 Å². The van der Waals surface area contributed by atoms with Crippen molar-refractivity contribution in [1.29, 1.82) is 0 Å². The highest BCUT2D eigenvalue weighted by atomic mass is 16.5. The number of methoxy groups -OCH3 is 1. The molecule has 2 saturated carbocycles. The molecule has 0 saturated heterocycles. The molecule has 1 N–H and O–H groups in total. The van der Waals surface area contributed by atoms with Crippen LogP contribution in [0.2, 0.25) is 0 Å². The van der Waals surface area contributed by atoms with Gasteiger partial charge in [-0.25, -0.2) is 0 Å². The summed E-state index contributed by atoms with van der Waals surface area (Å²) in [6.07, 6.45) is 1.90. The van der Waals surface area contributed by atoms with E-state index in [1.54, 1.807) is 7.11 Å². The summed E-state index contributed by atoms with van der Waals surface area (Å²) in [5.41, 5.74) is 0.389. The Balaban J connectivity index is 1.96. The lowest BCUT2D eigenvalue weighted by Crippen LogP contribution is -2.43. The molecule has 1 aromatic rings. The van der Waals surface area contributed by atoms with E-state index in [4.69, 9.17) is 4.74 Å². The van der Waals surface area contributed by atoms with Gasteiger partial charge in [-0.15, -0.1) is 0 Å². The molecule has 2 unspecified atom stereocenters. The first-order chi connectivity index (χ1) is 10.7. The summed E-state index contributed by atoms with van der Waals surface area (Å²) in [4.78, 5) is 25.7. The van der Waals surface area contributed by atoms with Gasteiger partial charge in [0, 0.05) is 11.8 Å². The Morgan fingerprint density at radius 2 is 1.91 bits per heavy atom. The van der Waals surface area contributed by atoms with Crippen molar-refractivity contribution in [3.05, 3.63) is 23.8 Å². The highest BCUT2D eigenvalue weighted by Gasteiger charge is 2.72. The molecule has 3 rings (SSSR count). The number of benzene rings is 1. The van der Waals surface area contributed by atoms with E-state index < -0.39 is 5.41 Å². The van der Waals surface area contributed by atoms with Crippen LogP contribution in [0.1, 0.15) is 45.6 Å².